The van der Waals surface area contributed by atoms with Gasteiger partial charge in [0.25, 0.3) is 0 Å². The molecule has 1 aromatic heterocycles. The van der Waals surface area contributed by atoms with Gasteiger partial charge in [-0.3, -0.25) is 4.98 Å². The smallest absolute Gasteiger partial charge is 0.0794 e. The number of nitrogens with one attached hydrogen (secondary N) is 1. The average Bonchev–Trinajstić information content (AvgIpc) is 2.71. The molecule has 1 aromatic rings. The molecule has 80 valence electrons. The standard InChI is InChI=1S/C10H19N3S/c1-3-13(4-2)6-5-11-7-10-8-12-9-14-10/h8-9,11H,3-7H2,1-2H3. The Balaban J connectivity index is 2.04. The molecule has 0 aliphatic rings. The first-order valence-electron chi connectivity index (χ1n) is 5.17. The van der Waals surface area contributed by atoms with Crippen LogP contribution < -0.4 is 5.32 Å². The molecule has 3 nitrogen and oxygen atoms in total. The Kier molecular flexibility index (Phi) is 5.75. The molecule has 0 atom stereocenters. The van der Waals surface area contributed by atoms with E-state index in [0.29, 0.717) is 0 Å². The molecule has 0 radical (unpaired) electrons. The molecule has 0 unspecified atom stereocenters. The summed E-state index contributed by atoms with van der Waals surface area (Å²) in [4.78, 5) is 7.76. The van der Waals surface area contributed by atoms with Crippen molar-refractivity contribution in [2.24, 2.45) is 0 Å². The van der Waals surface area contributed by atoms with Crippen molar-refractivity contribution in [2.75, 3.05) is 26.2 Å². The molecule has 0 fully saturated rings. The second-order valence-corrected chi connectivity index (χ2v) is 4.14. The zero-order valence-corrected chi connectivity index (χ0v) is 9.81. The number of hydrogen-bond acceptors (Lipinski definition) is 4. The van der Waals surface area contributed by atoms with Gasteiger partial charge in [0.1, 0.15) is 0 Å². The van der Waals surface area contributed by atoms with E-state index in [9.17, 15) is 0 Å². The Hall–Kier alpha value is -0.450. The van der Waals surface area contributed by atoms with Gasteiger partial charge in [0.15, 0.2) is 0 Å². The molecular formula is C10H19N3S. The van der Waals surface area contributed by atoms with Crippen molar-refractivity contribution in [3.05, 3.63) is 16.6 Å². The molecule has 0 amide bonds. The van der Waals surface area contributed by atoms with E-state index < -0.39 is 0 Å². The highest BCUT2D eigenvalue weighted by atomic mass is 32.1. The van der Waals surface area contributed by atoms with Gasteiger partial charge in [-0.15, -0.1) is 11.3 Å². The zero-order chi connectivity index (χ0) is 10.2. The number of nitrogens with zero attached hydrogens (tertiary/aromatic N) is 2. The molecule has 1 rings (SSSR count). The van der Waals surface area contributed by atoms with Crippen LogP contribution >= 0.6 is 11.3 Å². The van der Waals surface area contributed by atoms with Gasteiger partial charge < -0.3 is 10.2 Å². The number of likely N-dealkylation sites (N-methyl/N-ethyl adjacent to an activating group) is 1. The fraction of sp³-hybridized carbons (Fsp3) is 0.700. The molecule has 1 heterocycles. The van der Waals surface area contributed by atoms with Gasteiger partial charge in [-0.2, -0.15) is 0 Å². The third-order valence-corrected chi connectivity index (χ3v) is 3.06. The zero-order valence-electron chi connectivity index (χ0n) is 8.99. The van der Waals surface area contributed by atoms with Gasteiger partial charge in [0, 0.05) is 30.7 Å². The first-order chi connectivity index (χ1) is 6.86. The van der Waals surface area contributed by atoms with Crippen LogP contribution in [-0.4, -0.2) is 36.1 Å². The van der Waals surface area contributed by atoms with Crippen LogP contribution in [0.3, 0.4) is 0 Å². The van der Waals surface area contributed by atoms with Crippen molar-refractivity contribution < 1.29 is 0 Å². The van der Waals surface area contributed by atoms with Crippen LogP contribution in [0.25, 0.3) is 0 Å². The van der Waals surface area contributed by atoms with Crippen LogP contribution in [0.15, 0.2) is 11.7 Å². The lowest BCUT2D eigenvalue weighted by atomic mass is 10.4. The van der Waals surface area contributed by atoms with Gasteiger partial charge in [0.2, 0.25) is 0 Å². The number of rotatable bonds is 7. The van der Waals surface area contributed by atoms with E-state index in [2.05, 4.69) is 29.0 Å². The number of hydrogen-bond donors (Lipinski definition) is 1. The SMILES string of the molecule is CCN(CC)CCNCc1cncs1. The summed E-state index contributed by atoms with van der Waals surface area (Å²) in [6.07, 6.45) is 1.93. The Bertz CT molecular complexity index is 219. The lowest BCUT2D eigenvalue weighted by Gasteiger charge is -2.17. The highest BCUT2D eigenvalue weighted by Gasteiger charge is 1.98. The molecule has 1 N–H and O–H groups in total. The van der Waals surface area contributed by atoms with E-state index in [1.807, 2.05) is 11.7 Å². The Morgan fingerprint density at radius 1 is 1.43 bits per heavy atom. The summed E-state index contributed by atoms with van der Waals surface area (Å²) in [6.45, 7) is 9.81. The lowest BCUT2D eigenvalue weighted by Crippen LogP contribution is -2.31. The molecule has 14 heavy (non-hydrogen) atoms. The fourth-order valence-corrected chi connectivity index (χ4v) is 1.88. The minimum Gasteiger partial charge on any atom is -0.311 e. The Morgan fingerprint density at radius 3 is 2.79 bits per heavy atom. The largest absolute Gasteiger partial charge is 0.311 e. The third kappa shape index (κ3) is 4.17. The van der Waals surface area contributed by atoms with Crippen LogP contribution in [0, 0.1) is 0 Å². The van der Waals surface area contributed by atoms with Gasteiger partial charge in [-0.05, 0) is 13.1 Å². The maximum Gasteiger partial charge on any atom is 0.0794 e. The van der Waals surface area contributed by atoms with Crippen LogP contribution in [0.1, 0.15) is 18.7 Å². The second-order valence-electron chi connectivity index (χ2n) is 3.17. The summed E-state index contributed by atoms with van der Waals surface area (Å²) >= 11 is 1.71. The van der Waals surface area contributed by atoms with E-state index in [4.69, 9.17) is 0 Å². The van der Waals surface area contributed by atoms with Crippen molar-refractivity contribution in [2.45, 2.75) is 20.4 Å². The quantitative estimate of drug-likeness (QED) is 0.697. The van der Waals surface area contributed by atoms with Gasteiger partial charge >= 0.3 is 0 Å². The highest BCUT2D eigenvalue weighted by molar-refractivity contribution is 7.09. The van der Waals surface area contributed by atoms with Crippen molar-refractivity contribution in [1.29, 1.82) is 0 Å². The maximum absolute atomic E-state index is 4.04. The third-order valence-electron chi connectivity index (χ3n) is 2.28. The fourth-order valence-electron chi connectivity index (χ4n) is 1.32. The van der Waals surface area contributed by atoms with Crippen molar-refractivity contribution >= 4 is 11.3 Å². The molecule has 0 aromatic carbocycles. The summed E-state index contributed by atoms with van der Waals surface area (Å²) in [5, 5.41) is 3.42. The van der Waals surface area contributed by atoms with Crippen LogP contribution in [0.5, 0.6) is 0 Å². The Labute approximate surface area is 90.2 Å². The molecular weight excluding hydrogens is 194 g/mol. The second kappa shape index (κ2) is 6.92. The van der Waals surface area contributed by atoms with Crippen molar-refractivity contribution in [3.63, 3.8) is 0 Å². The normalized spacial score (nSPS) is 11.1. The summed E-state index contributed by atoms with van der Waals surface area (Å²) < 4.78 is 0. The van der Waals surface area contributed by atoms with Crippen LogP contribution in [0.4, 0.5) is 0 Å². The summed E-state index contributed by atoms with van der Waals surface area (Å²) in [5.74, 6) is 0. The monoisotopic (exact) mass is 213 g/mol. The lowest BCUT2D eigenvalue weighted by molar-refractivity contribution is 0.302. The molecule has 0 spiro atoms. The Morgan fingerprint density at radius 2 is 2.21 bits per heavy atom. The van der Waals surface area contributed by atoms with Gasteiger partial charge in [0.05, 0.1) is 5.51 Å². The number of thiazole rings is 1. The van der Waals surface area contributed by atoms with Crippen LogP contribution in [0.2, 0.25) is 0 Å². The van der Waals surface area contributed by atoms with E-state index in [1.54, 1.807) is 11.3 Å². The van der Waals surface area contributed by atoms with Crippen molar-refractivity contribution in [3.8, 4) is 0 Å². The highest BCUT2D eigenvalue weighted by Crippen LogP contribution is 2.03. The summed E-state index contributed by atoms with van der Waals surface area (Å²) in [7, 11) is 0. The van der Waals surface area contributed by atoms with E-state index in [1.165, 1.54) is 4.88 Å². The van der Waals surface area contributed by atoms with Gasteiger partial charge in [-0.25, -0.2) is 0 Å². The minimum atomic E-state index is 0.950. The number of aromatic nitrogens is 1. The predicted molar refractivity (Wildman–Crippen MR) is 61.6 cm³/mol. The van der Waals surface area contributed by atoms with Crippen molar-refractivity contribution in [1.82, 2.24) is 15.2 Å². The van der Waals surface area contributed by atoms with E-state index in [0.717, 1.165) is 32.7 Å². The molecule has 0 bridgehead atoms. The first-order valence-corrected chi connectivity index (χ1v) is 6.05. The van der Waals surface area contributed by atoms with E-state index in [-0.39, 0.29) is 0 Å². The molecule has 0 saturated heterocycles. The minimum absolute atomic E-state index is 0.950. The predicted octanol–water partition coefficient (Wildman–Crippen LogP) is 1.57. The summed E-state index contributed by atoms with van der Waals surface area (Å²) in [5.41, 5.74) is 1.88. The maximum atomic E-state index is 4.04. The molecule has 4 heteroatoms. The molecule has 0 aliphatic heterocycles. The first kappa shape index (κ1) is 11.6. The molecule has 0 saturated carbocycles. The topological polar surface area (TPSA) is 28.2 Å². The van der Waals surface area contributed by atoms with E-state index >= 15 is 0 Å². The summed E-state index contributed by atoms with van der Waals surface area (Å²) in [6, 6.07) is 0. The average molecular weight is 213 g/mol. The molecule has 0 aliphatic carbocycles. The van der Waals surface area contributed by atoms with Crippen LogP contribution in [-0.2, 0) is 6.54 Å². The van der Waals surface area contributed by atoms with Gasteiger partial charge in [-0.1, -0.05) is 13.8 Å².